The van der Waals surface area contributed by atoms with E-state index >= 15 is 0 Å². The third kappa shape index (κ3) is 5.73. The smallest absolute Gasteiger partial charge is 0.0937 e. The van der Waals surface area contributed by atoms with E-state index in [0.29, 0.717) is 0 Å². The molecule has 1 saturated heterocycles. The summed E-state index contributed by atoms with van der Waals surface area (Å²) >= 11 is 0. The molecule has 2 rings (SSSR count). The minimum atomic E-state index is 0.0372. The second-order valence-corrected chi connectivity index (χ2v) is 4.42. The Morgan fingerprint density at radius 1 is 1.42 bits per heavy atom. The Bertz CT molecular complexity index is 387. The van der Waals surface area contributed by atoms with Crippen LogP contribution < -0.4 is 5.32 Å². The van der Waals surface area contributed by atoms with E-state index in [0.717, 1.165) is 24.6 Å². The quantitative estimate of drug-likeness (QED) is 0.819. The monoisotopic (exact) mass is 261 g/mol. The Labute approximate surface area is 115 Å². The van der Waals surface area contributed by atoms with Crippen molar-refractivity contribution in [3.05, 3.63) is 61.1 Å². The fraction of sp³-hybridized carbons (Fsp3) is 0.375. The lowest BCUT2D eigenvalue weighted by molar-refractivity contribution is 0.335. The second-order valence-electron chi connectivity index (χ2n) is 4.42. The maximum Gasteiger partial charge on any atom is 0.0937 e. The fourth-order valence-corrected chi connectivity index (χ4v) is 2.00. The number of aliphatic hydroxyl groups is 1. The number of nitrogens with one attached hydrogen (secondary N) is 1. The number of allylic oxidation sites excluding steroid dienone is 2. The molecule has 1 aromatic heterocycles. The van der Waals surface area contributed by atoms with Gasteiger partial charge in [0.2, 0.25) is 0 Å². The summed E-state index contributed by atoms with van der Waals surface area (Å²) in [5, 5.41) is 11.8. The predicted molar refractivity (Wildman–Crippen MR) is 79.1 cm³/mol. The highest BCUT2D eigenvalue weighted by molar-refractivity contribution is 5.20. The highest BCUT2D eigenvalue weighted by atomic mass is 16.3. The molecule has 1 aliphatic rings. The van der Waals surface area contributed by atoms with E-state index in [9.17, 15) is 0 Å². The van der Waals surface area contributed by atoms with Crippen molar-refractivity contribution >= 4 is 0 Å². The molecular formula is C16H23NO2. The van der Waals surface area contributed by atoms with Crippen molar-refractivity contribution in [3.8, 4) is 0 Å². The number of piperidine rings is 1. The highest BCUT2D eigenvalue weighted by Gasteiger charge is 2.15. The third-order valence-corrected chi connectivity index (χ3v) is 3.13. The zero-order valence-electron chi connectivity index (χ0n) is 11.3. The van der Waals surface area contributed by atoms with Crippen LogP contribution in [0.1, 0.15) is 24.3 Å². The van der Waals surface area contributed by atoms with Crippen LogP contribution in [-0.4, -0.2) is 24.8 Å². The largest absolute Gasteiger partial charge is 0.472 e. The Balaban J connectivity index is 0.000000203. The van der Waals surface area contributed by atoms with Gasteiger partial charge in [0.05, 0.1) is 19.1 Å². The number of rotatable bonds is 4. The van der Waals surface area contributed by atoms with Crippen LogP contribution in [0.3, 0.4) is 0 Å². The van der Waals surface area contributed by atoms with Gasteiger partial charge >= 0.3 is 0 Å². The molecule has 0 bridgehead atoms. The number of hydrogen-bond donors (Lipinski definition) is 2. The number of furan rings is 1. The first-order valence-corrected chi connectivity index (χ1v) is 6.59. The maximum absolute atomic E-state index is 8.47. The molecular weight excluding hydrogens is 238 g/mol. The Hall–Kier alpha value is -1.58. The van der Waals surface area contributed by atoms with Gasteiger partial charge in [-0.2, -0.15) is 0 Å². The van der Waals surface area contributed by atoms with Crippen molar-refractivity contribution in [2.75, 3.05) is 19.7 Å². The van der Waals surface area contributed by atoms with Gasteiger partial charge in [0, 0.05) is 0 Å². The first-order valence-electron chi connectivity index (χ1n) is 6.59. The normalized spacial score (nSPS) is 16.4. The molecule has 3 heteroatoms. The van der Waals surface area contributed by atoms with Crippen molar-refractivity contribution in [3.63, 3.8) is 0 Å². The number of hydrogen-bond acceptors (Lipinski definition) is 3. The van der Waals surface area contributed by atoms with Gasteiger partial charge in [-0.25, -0.2) is 0 Å². The lowest BCUT2D eigenvalue weighted by atomic mass is 9.92. The summed E-state index contributed by atoms with van der Waals surface area (Å²) in [6.07, 6.45) is 11.1. The molecule has 1 aliphatic heterocycles. The van der Waals surface area contributed by atoms with E-state index in [1.54, 1.807) is 24.5 Å². The Morgan fingerprint density at radius 2 is 2.16 bits per heavy atom. The summed E-state index contributed by atoms with van der Waals surface area (Å²) in [5.41, 5.74) is 2.16. The molecule has 1 fully saturated rings. The van der Waals surface area contributed by atoms with Crippen molar-refractivity contribution in [1.29, 1.82) is 0 Å². The summed E-state index contributed by atoms with van der Waals surface area (Å²) in [7, 11) is 0. The van der Waals surface area contributed by atoms with Gasteiger partial charge in [-0.1, -0.05) is 31.4 Å². The maximum atomic E-state index is 8.47. The Kier molecular flexibility index (Phi) is 7.63. The topological polar surface area (TPSA) is 45.4 Å². The van der Waals surface area contributed by atoms with E-state index in [1.165, 1.54) is 18.4 Å². The van der Waals surface area contributed by atoms with Crippen molar-refractivity contribution < 1.29 is 9.52 Å². The number of aliphatic hydroxyl groups excluding tert-OH is 1. The van der Waals surface area contributed by atoms with Gasteiger partial charge in [-0.3, -0.25) is 0 Å². The molecule has 2 N–H and O–H groups in total. The standard InChI is InChI=1S/C9H13NO.C7H10O/c1-4-10-5-2-8(1)9-3-6-11-7-9;1-3-5-7(4-2)6-8/h3,6-8,10H,1-2,4-5H2;3-5,8H,1-2,6H2/b;7-5+. The van der Waals surface area contributed by atoms with E-state index < -0.39 is 0 Å². The Morgan fingerprint density at radius 3 is 2.58 bits per heavy atom. The van der Waals surface area contributed by atoms with Gasteiger partial charge in [-0.05, 0) is 49.1 Å². The van der Waals surface area contributed by atoms with Crippen LogP contribution in [0.5, 0.6) is 0 Å². The van der Waals surface area contributed by atoms with Gasteiger partial charge in [0.25, 0.3) is 0 Å². The average molecular weight is 261 g/mol. The first kappa shape index (κ1) is 15.5. The molecule has 0 unspecified atom stereocenters. The minimum Gasteiger partial charge on any atom is -0.472 e. The average Bonchev–Trinajstić information content (AvgIpc) is 3.00. The van der Waals surface area contributed by atoms with Crippen LogP contribution in [0.4, 0.5) is 0 Å². The minimum absolute atomic E-state index is 0.0372. The van der Waals surface area contributed by atoms with Crippen molar-refractivity contribution in [2.24, 2.45) is 0 Å². The predicted octanol–water partition coefficient (Wildman–Crippen LogP) is 3.02. The van der Waals surface area contributed by atoms with Crippen LogP contribution >= 0.6 is 0 Å². The van der Waals surface area contributed by atoms with Crippen LogP contribution in [0, 0.1) is 0 Å². The van der Waals surface area contributed by atoms with E-state index in [2.05, 4.69) is 24.5 Å². The lowest BCUT2D eigenvalue weighted by Gasteiger charge is -2.20. The highest BCUT2D eigenvalue weighted by Crippen LogP contribution is 2.24. The van der Waals surface area contributed by atoms with E-state index in [4.69, 9.17) is 9.52 Å². The van der Waals surface area contributed by atoms with Crippen molar-refractivity contribution in [1.82, 2.24) is 5.32 Å². The van der Waals surface area contributed by atoms with Gasteiger partial charge < -0.3 is 14.8 Å². The van der Waals surface area contributed by atoms with Gasteiger partial charge in [-0.15, -0.1) is 0 Å². The zero-order valence-corrected chi connectivity index (χ0v) is 11.3. The first-order chi connectivity index (χ1) is 9.31. The van der Waals surface area contributed by atoms with Gasteiger partial charge in [0.15, 0.2) is 0 Å². The summed E-state index contributed by atoms with van der Waals surface area (Å²) in [6.45, 7) is 9.27. The molecule has 0 aromatic carbocycles. The SMILES string of the molecule is C=C/C=C(\C=C)CO.c1cc(C2CCNCC2)co1. The molecule has 0 atom stereocenters. The molecule has 0 aliphatic carbocycles. The third-order valence-electron chi connectivity index (χ3n) is 3.13. The summed E-state index contributed by atoms with van der Waals surface area (Å²) in [5.74, 6) is 0.731. The van der Waals surface area contributed by atoms with Crippen LogP contribution in [0.25, 0.3) is 0 Å². The fourth-order valence-electron chi connectivity index (χ4n) is 2.00. The molecule has 0 radical (unpaired) electrons. The second kappa shape index (κ2) is 9.36. The summed E-state index contributed by atoms with van der Waals surface area (Å²) in [4.78, 5) is 0. The molecule has 0 saturated carbocycles. The van der Waals surface area contributed by atoms with Gasteiger partial charge in [0.1, 0.15) is 0 Å². The molecule has 2 heterocycles. The lowest BCUT2D eigenvalue weighted by Crippen LogP contribution is -2.26. The van der Waals surface area contributed by atoms with E-state index in [-0.39, 0.29) is 6.61 Å². The van der Waals surface area contributed by atoms with Crippen LogP contribution in [0.15, 0.2) is 60.0 Å². The van der Waals surface area contributed by atoms with Crippen LogP contribution in [-0.2, 0) is 0 Å². The summed E-state index contributed by atoms with van der Waals surface area (Å²) in [6, 6.07) is 2.08. The van der Waals surface area contributed by atoms with Crippen LogP contribution in [0.2, 0.25) is 0 Å². The molecule has 0 spiro atoms. The molecule has 3 nitrogen and oxygen atoms in total. The molecule has 104 valence electrons. The molecule has 19 heavy (non-hydrogen) atoms. The molecule has 0 amide bonds. The van der Waals surface area contributed by atoms with Crippen molar-refractivity contribution in [2.45, 2.75) is 18.8 Å². The summed E-state index contributed by atoms with van der Waals surface area (Å²) < 4.78 is 5.05. The molecule has 1 aromatic rings. The zero-order chi connectivity index (χ0) is 13.9. The van der Waals surface area contributed by atoms with E-state index in [1.807, 2.05) is 6.26 Å².